The zero-order chi connectivity index (χ0) is 11.9. The molecule has 5 heteroatoms. The van der Waals surface area contributed by atoms with E-state index < -0.39 is 0 Å². The van der Waals surface area contributed by atoms with Crippen LogP contribution in [-0.2, 0) is 14.3 Å². The van der Waals surface area contributed by atoms with Gasteiger partial charge < -0.3 is 15.4 Å². The van der Waals surface area contributed by atoms with Crippen LogP contribution in [0.25, 0.3) is 0 Å². The first-order valence-electron chi connectivity index (χ1n) is 4.94. The molecule has 1 fully saturated rings. The number of carbonyl (C=O) groups excluding carboxylic acids is 2. The van der Waals surface area contributed by atoms with Gasteiger partial charge in [-0.1, -0.05) is 0 Å². The molecule has 1 aliphatic rings. The molecule has 0 spiro atoms. The van der Waals surface area contributed by atoms with Gasteiger partial charge in [-0.15, -0.1) is 0 Å². The maximum absolute atomic E-state index is 10.6. The van der Waals surface area contributed by atoms with Crippen LogP contribution in [0.4, 0.5) is 0 Å². The van der Waals surface area contributed by atoms with Crippen LogP contribution in [0.3, 0.4) is 0 Å². The van der Waals surface area contributed by atoms with E-state index in [2.05, 4.69) is 15.4 Å². The summed E-state index contributed by atoms with van der Waals surface area (Å²) in [5, 5.41) is 5.60. The van der Waals surface area contributed by atoms with Crippen molar-refractivity contribution in [3.8, 4) is 0 Å². The van der Waals surface area contributed by atoms with Gasteiger partial charge in [0.25, 0.3) is 6.47 Å². The van der Waals surface area contributed by atoms with E-state index in [1.54, 1.807) is 7.05 Å². The third kappa shape index (κ3) is 6.90. The Hall–Kier alpha value is -1.10. The Morgan fingerprint density at radius 1 is 1.47 bits per heavy atom. The van der Waals surface area contributed by atoms with Gasteiger partial charge in [-0.3, -0.25) is 9.59 Å². The molecule has 15 heavy (non-hydrogen) atoms. The van der Waals surface area contributed by atoms with Crippen LogP contribution in [0.5, 0.6) is 0 Å². The van der Waals surface area contributed by atoms with Crippen molar-refractivity contribution >= 4 is 12.4 Å². The monoisotopic (exact) mass is 216 g/mol. The van der Waals surface area contributed by atoms with Crippen molar-refractivity contribution < 1.29 is 14.3 Å². The van der Waals surface area contributed by atoms with Gasteiger partial charge in [-0.25, -0.2) is 0 Å². The lowest BCUT2D eigenvalue weighted by atomic mass is 10.0. The smallest absolute Gasteiger partial charge is 0.293 e. The summed E-state index contributed by atoms with van der Waals surface area (Å²) in [4.78, 5) is 20.2. The van der Waals surface area contributed by atoms with Crippen molar-refractivity contribution in [3.05, 3.63) is 0 Å². The molecule has 0 atom stereocenters. The van der Waals surface area contributed by atoms with Gasteiger partial charge in [0.1, 0.15) is 5.60 Å². The van der Waals surface area contributed by atoms with Crippen LogP contribution in [0.2, 0.25) is 0 Å². The molecule has 0 aromatic rings. The first-order chi connectivity index (χ1) is 6.90. The zero-order valence-corrected chi connectivity index (χ0v) is 9.79. The SMILES string of the molecule is CC(C)(C)OC=O.CNC(=O)C1CNC1. The Balaban J connectivity index is 0.000000265. The minimum Gasteiger partial charge on any atom is -0.462 e. The molecular formula is C10H20N2O3. The number of amides is 1. The number of rotatable bonds is 2. The van der Waals surface area contributed by atoms with Crippen LogP contribution < -0.4 is 10.6 Å². The minimum atomic E-state index is -0.318. The molecule has 0 bridgehead atoms. The van der Waals surface area contributed by atoms with Gasteiger partial charge in [0.2, 0.25) is 5.91 Å². The number of nitrogens with one attached hydrogen (secondary N) is 2. The lowest BCUT2D eigenvalue weighted by molar-refractivity contribution is -0.138. The van der Waals surface area contributed by atoms with Gasteiger partial charge in [-0.2, -0.15) is 0 Å². The molecule has 88 valence electrons. The predicted octanol–water partition coefficient (Wildman–Crippen LogP) is -0.0903. The Morgan fingerprint density at radius 2 is 2.00 bits per heavy atom. The Morgan fingerprint density at radius 3 is 2.07 bits per heavy atom. The maximum atomic E-state index is 10.6. The number of hydrogen-bond donors (Lipinski definition) is 2. The summed E-state index contributed by atoms with van der Waals surface area (Å²) in [7, 11) is 1.67. The molecule has 0 aromatic carbocycles. The maximum Gasteiger partial charge on any atom is 0.293 e. The average Bonchev–Trinajstić information content (AvgIpc) is 1.99. The van der Waals surface area contributed by atoms with Gasteiger partial charge in [0.05, 0.1) is 5.92 Å². The van der Waals surface area contributed by atoms with Gasteiger partial charge in [0.15, 0.2) is 0 Å². The summed E-state index contributed by atoms with van der Waals surface area (Å²) in [6.07, 6.45) is 0. The predicted molar refractivity (Wildman–Crippen MR) is 57.3 cm³/mol. The molecule has 0 unspecified atom stereocenters. The highest BCUT2D eigenvalue weighted by atomic mass is 16.5. The van der Waals surface area contributed by atoms with E-state index in [9.17, 15) is 9.59 Å². The molecular weight excluding hydrogens is 196 g/mol. The van der Waals surface area contributed by atoms with Crippen molar-refractivity contribution in [1.29, 1.82) is 0 Å². The Bertz CT molecular complexity index is 207. The molecule has 5 nitrogen and oxygen atoms in total. The summed E-state index contributed by atoms with van der Waals surface area (Å²) in [5.41, 5.74) is -0.318. The lowest BCUT2D eigenvalue weighted by Crippen LogP contribution is -2.49. The van der Waals surface area contributed by atoms with Crippen molar-refractivity contribution in [3.63, 3.8) is 0 Å². The molecule has 0 radical (unpaired) electrons. The number of ether oxygens (including phenoxy) is 1. The zero-order valence-electron chi connectivity index (χ0n) is 9.79. The number of hydrogen-bond acceptors (Lipinski definition) is 4. The first kappa shape index (κ1) is 13.9. The molecule has 0 aromatic heterocycles. The number of carbonyl (C=O) groups is 2. The van der Waals surface area contributed by atoms with Crippen LogP contribution >= 0.6 is 0 Å². The van der Waals surface area contributed by atoms with Gasteiger partial charge >= 0.3 is 0 Å². The summed E-state index contributed by atoms with van der Waals surface area (Å²) in [6.45, 7) is 7.61. The highest BCUT2D eigenvalue weighted by molar-refractivity contribution is 5.79. The van der Waals surface area contributed by atoms with Gasteiger partial charge in [0, 0.05) is 20.1 Å². The second kappa shape index (κ2) is 6.40. The highest BCUT2D eigenvalue weighted by Gasteiger charge is 2.22. The second-order valence-corrected chi connectivity index (χ2v) is 4.30. The van der Waals surface area contributed by atoms with Crippen LogP contribution in [-0.4, -0.2) is 38.1 Å². The molecule has 1 heterocycles. The Labute approximate surface area is 90.6 Å². The largest absolute Gasteiger partial charge is 0.462 e. The van der Waals surface area contributed by atoms with Crippen LogP contribution in [0, 0.1) is 5.92 Å². The molecule has 0 saturated carbocycles. The van der Waals surface area contributed by atoms with E-state index in [1.165, 1.54) is 0 Å². The summed E-state index contributed by atoms with van der Waals surface area (Å²) in [6, 6.07) is 0. The van der Waals surface area contributed by atoms with Crippen molar-refractivity contribution in [2.75, 3.05) is 20.1 Å². The second-order valence-electron chi connectivity index (χ2n) is 4.30. The highest BCUT2D eigenvalue weighted by Crippen LogP contribution is 2.02. The summed E-state index contributed by atoms with van der Waals surface area (Å²) >= 11 is 0. The standard InChI is InChI=1S/C5H10N2O.C5H10O2/c1-6-5(8)4-2-7-3-4;1-5(2,3)7-4-6/h4,7H,2-3H2,1H3,(H,6,8);4H,1-3H3. The van der Waals surface area contributed by atoms with E-state index in [1.807, 2.05) is 20.8 Å². The average molecular weight is 216 g/mol. The van der Waals surface area contributed by atoms with Crippen molar-refractivity contribution in [1.82, 2.24) is 10.6 Å². The van der Waals surface area contributed by atoms with Crippen LogP contribution in [0.1, 0.15) is 20.8 Å². The molecule has 1 aliphatic heterocycles. The molecule has 1 amide bonds. The van der Waals surface area contributed by atoms with Crippen LogP contribution in [0.15, 0.2) is 0 Å². The first-order valence-corrected chi connectivity index (χ1v) is 4.94. The molecule has 1 saturated heterocycles. The quantitative estimate of drug-likeness (QED) is 0.633. The van der Waals surface area contributed by atoms with Crippen molar-refractivity contribution in [2.45, 2.75) is 26.4 Å². The minimum absolute atomic E-state index is 0.156. The van der Waals surface area contributed by atoms with Gasteiger partial charge in [-0.05, 0) is 20.8 Å². The summed E-state index contributed by atoms with van der Waals surface area (Å²) < 4.78 is 4.55. The van der Waals surface area contributed by atoms with E-state index in [0.717, 1.165) is 13.1 Å². The molecule has 1 rings (SSSR count). The summed E-state index contributed by atoms with van der Waals surface area (Å²) in [5.74, 6) is 0.392. The fourth-order valence-electron chi connectivity index (χ4n) is 0.823. The lowest BCUT2D eigenvalue weighted by Gasteiger charge is -2.24. The molecule has 0 aliphatic carbocycles. The third-order valence-electron chi connectivity index (χ3n) is 1.80. The Kier molecular flexibility index (Phi) is 5.93. The fraction of sp³-hybridized carbons (Fsp3) is 0.800. The van der Waals surface area contributed by atoms with E-state index in [-0.39, 0.29) is 17.4 Å². The van der Waals surface area contributed by atoms with Crippen molar-refractivity contribution in [2.24, 2.45) is 5.92 Å². The van der Waals surface area contributed by atoms with E-state index >= 15 is 0 Å². The topological polar surface area (TPSA) is 67.4 Å². The fourth-order valence-corrected chi connectivity index (χ4v) is 0.823. The molecule has 2 N–H and O–H groups in total. The normalized spacial score (nSPS) is 15.5. The van der Waals surface area contributed by atoms with E-state index in [0.29, 0.717) is 6.47 Å². The van der Waals surface area contributed by atoms with E-state index in [4.69, 9.17) is 0 Å². The third-order valence-corrected chi connectivity index (χ3v) is 1.80.